The number of carbonyl (C=O) groups excluding carboxylic acids is 3. The van der Waals surface area contributed by atoms with E-state index in [1.807, 2.05) is 0 Å². The van der Waals surface area contributed by atoms with Crippen LogP contribution in [0.15, 0.2) is 83.8 Å². The fourth-order valence-electron chi connectivity index (χ4n) is 4.33. The SMILES string of the molecule is NC(=O)C(NC(=O)c1ccc(S(=O)(=O)Nc2ccccc2C(=O)c2ccccc2)cc1)C1CCNCC1. The predicted octanol–water partition coefficient (Wildman–Crippen LogP) is 2.30. The summed E-state index contributed by atoms with van der Waals surface area (Å²) in [6, 6.07) is 19.4. The van der Waals surface area contributed by atoms with E-state index in [2.05, 4.69) is 15.4 Å². The lowest BCUT2D eigenvalue weighted by atomic mass is 9.89. The van der Waals surface area contributed by atoms with Gasteiger partial charge in [0.1, 0.15) is 6.04 Å². The van der Waals surface area contributed by atoms with Gasteiger partial charge < -0.3 is 16.4 Å². The number of hydrogen-bond acceptors (Lipinski definition) is 6. The van der Waals surface area contributed by atoms with Gasteiger partial charge in [-0.25, -0.2) is 8.42 Å². The highest BCUT2D eigenvalue weighted by Crippen LogP contribution is 2.23. The molecular formula is C27H28N4O5S. The number of rotatable bonds is 9. The van der Waals surface area contributed by atoms with Gasteiger partial charge in [-0.3, -0.25) is 19.1 Å². The smallest absolute Gasteiger partial charge is 0.261 e. The van der Waals surface area contributed by atoms with Crippen molar-refractivity contribution in [3.8, 4) is 0 Å². The molecular weight excluding hydrogens is 492 g/mol. The first-order valence-electron chi connectivity index (χ1n) is 11.9. The van der Waals surface area contributed by atoms with Crippen molar-refractivity contribution >= 4 is 33.3 Å². The second-order valence-electron chi connectivity index (χ2n) is 8.81. The summed E-state index contributed by atoms with van der Waals surface area (Å²) in [5.41, 5.74) is 6.51. The quantitative estimate of drug-likeness (QED) is 0.318. The second-order valence-corrected chi connectivity index (χ2v) is 10.5. The van der Waals surface area contributed by atoms with Crippen LogP contribution >= 0.6 is 0 Å². The van der Waals surface area contributed by atoms with Crippen LogP contribution in [0.2, 0.25) is 0 Å². The lowest BCUT2D eigenvalue weighted by Gasteiger charge is -2.29. The number of anilines is 1. The predicted molar refractivity (Wildman–Crippen MR) is 140 cm³/mol. The molecule has 10 heteroatoms. The third kappa shape index (κ3) is 6.22. The first-order valence-corrected chi connectivity index (χ1v) is 13.4. The number of para-hydroxylation sites is 1. The Hall–Kier alpha value is -4.02. The second kappa shape index (κ2) is 11.4. The van der Waals surface area contributed by atoms with Crippen LogP contribution in [0, 0.1) is 5.92 Å². The lowest BCUT2D eigenvalue weighted by Crippen LogP contribution is -2.51. The highest BCUT2D eigenvalue weighted by atomic mass is 32.2. The Bertz CT molecular complexity index is 1390. The van der Waals surface area contributed by atoms with Crippen molar-refractivity contribution in [2.45, 2.75) is 23.8 Å². The molecule has 9 nitrogen and oxygen atoms in total. The highest BCUT2D eigenvalue weighted by molar-refractivity contribution is 7.92. The number of amides is 2. The third-order valence-electron chi connectivity index (χ3n) is 6.33. The average Bonchev–Trinajstić information content (AvgIpc) is 2.92. The maximum atomic E-state index is 13.1. The molecule has 3 aromatic rings. The Balaban J connectivity index is 1.49. The van der Waals surface area contributed by atoms with Crippen LogP contribution in [0.3, 0.4) is 0 Å². The lowest BCUT2D eigenvalue weighted by molar-refractivity contribution is -0.121. The normalized spacial score (nSPS) is 14.9. The Kier molecular flexibility index (Phi) is 8.00. The summed E-state index contributed by atoms with van der Waals surface area (Å²) in [5.74, 6) is -1.50. The fraction of sp³-hybridized carbons (Fsp3) is 0.222. The van der Waals surface area contributed by atoms with Crippen molar-refractivity contribution in [1.29, 1.82) is 0 Å². The molecule has 3 aromatic carbocycles. The summed E-state index contributed by atoms with van der Waals surface area (Å²) < 4.78 is 28.6. The van der Waals surface area contributed by atoms with E-state index in [-0.39, 0.29) is 33.4 Å². The van der Waals surface area contributed by atoms with Gasteiger partial charge in [0.05, 0.1) is 10.6 Å². The molecule has 37 heavy (non-hydrogen) atoms. The van der Waals surface area contributed by atoms with E-state index < -0.39 is 27.9 Å². The fourth-order valence-corrected chi connectivity index (χ4v) is 5.41. The van der Waals surface area contributed by atoms with Gasteiger partial charge in [-0.1, -0.05) is 42.5 Å². The van der Waals surface area contributed by atoms with E-state index in [1.165, 1.54) is 30.3 Å². The van der Waals surface area contributed by atoms with E-state index in [0.29, 0.717) is 18.4 Å². The Morgan fingerprint density at radius 1 is 0.838 bits per heavy atom. The molecule has 1 atom stereocenters. The first kappa shape index (κ1) is 26.1. The minimum Gasteiger partial charge on any atom is -0.368 e. The van der Waals surface area contributed by atoms with Gasteiger partial charge in [0, 0.05) is 16.7 Å². The van der Waals surface area contributed by atoms with Crippen molar-refractivity contribution in [3.05, 3.63) is 95.6 Å². The van der Waals surface area contributed by atoms with Crippen molar-refractivity contribution in [2.24, 2.45) is 11.7 Å². The van der Waals surface area contributed by atoms with Gasteiger partial charge in [0.15, 0.2) is 5.78 Å². The monoisotopic (exact) mass is 520 g/mol. The minimum absolute atomic E-state index is 0.0646. The van der Waals surface area contributed by atoms with Crippen LogP contribution in [-0.4, -0.2) is 45.1 Å². The molecule has 1 unspecified atom stereocenters. The van der Waals surface area contributed by atoms with E-state index in [0.717, 1.165) is 13.1 Å². The summed E-state index contributed by atoms with van der Waals surface area (Å²) in [5, 5.41) is 5.89. The van der Waals surface area contributed by atoms with E-state index in [9.17, 15) is 22.8 Å². The number of benzene rings is 3. The standard InChI is InChI=1S/C27H28N4O5S/c28-26(33)24(18-14-16-29-17-15-18)30-27(34)20-10-12-21(13-11-20)37(35,36)31-23-9-5-4-8-22(23)25(32)19-6-2-1-3-7-19/h1-13,18,24,29,31H,14-17H2,(H2,28,33)(H,30,34). The largest absolute Gasteiger partial charge is 0.368 e. The molecule has 2 amide bonds. The van der Waals surface area contributed by atoms with Crippen LogP contribution < -0.4 is 21.1 Å². The molecule has 1 fully saturated rings. The van der Waals surface area contributed by atoms with Crippen LogP contribution in [-0.2, 0) is 14.8 Å². The summed E-state index contributed by atoms with van der Waals surface area (Å²) in [7, 11) is -4.06. The molecule has 0 aliphatic carbocycles. The van der Waals surface area contributed by atoms with E-state index in [1.54, 1.807) is 48.5 Å². The zero-order valence-electron chi connectivity index (χ0n) is 20.0. The number of hydrogen-bond donors (Lipinski definition) is 4. The van der Waals surface area contributed by atoms with Crippen molar-refractivity contribution in [3.63, 3.8) is 0 Å². The minimum atomic E-state index is -4.06. The van der Waals surface area contributed by atoms with Gasteiger partial charge in [-0.05, 0) is 68.2 Å². The maximum absolute atomic E-state index is 13.1. The molecule has 1 heterocycles. The molecule has 192 valence electrons. The number of nitrogens with one attached hydrogen (secondary N) is 3. The highest BCUT2D eigenvalue weighted by Gasteiger charge is 2.29. The number of ketones is 1. The Morgan fingerprint density at radius 3 is 2.11 bits per heavy atom. The molecule has 0 aromatic heterocycles. The van der Waals surface area contributed by atoms with Crippen LogP contribution in [0.4, 0.5) is 5.69 Å². The van der Waals surface area contributed by atoms with Crippen molar-refractivity contribution in [1.82, 2.24) is 10.6 Å². The number of sulfonamides is 1. The van der Waals surface area contributed by atoms with Gasteiger partial charge in [-0.15, -0.1) is 0 Å². The summed E-state index contributed by atoms with van der Waals surface area (Å²) in [6.45, 7) is 1.48. The molecule has 5 N–H and O–H groups in total. The van der Waals surface area contributed by atoms with Gasteiger partial charge in [0.25, 0.3) is 15.9 Å². The zero-order valence-corrected chi connectivity index (χ0v) is 20.8. The third-order valence-corrected chi connectivity index (χ3v) is 7.71. The Labute approximate surface area is 215 Å². The summed E-state index contributed by atoms with van der Waals surface area (Å²) in [4.78, 5) is 37.6. The van der Waals surface area contributed by atoms with Gasteiger partial charge in [-0.2, -0.15) is 0 Å². The summed E-state index contributed by atoms with van der Waals surface area (Å²) in [6.07, 6.45) is 1.43. The van der Waals surface area contributed by atoms with Gasteiger partial charge >= 0.3 is 0 Å². The number of carbonyl (C=O) groups is 3. The van der Waals surface area contributed by atoms with Crippen LogP contribution in [0.5, 0.6) is 0 Å². The molecule has 1 saturated heterocycles. The number of primary amides is 1. The average molecular weight is 521 g/mol. The molecule has 0 spiro atoms. The zero-order chi connectivity index (χ0) is 26.4. The van der Waals surface area contributed by atoms with E-state index in [4.69, 9.17) is 5.73 Å². The molecule has 1 aliphatic rings. The van der Waals surface area contributed by atoms with Crippen molar-refractivity contribution < 1.29 is 22.8 Å². The first-order chi connectivity index (χ1) is 17.8. The van der Waals surface area contributed by atoms with Crippen LogP contribution in [0.25, 0.3) is 0 Å². The van der Waals surface area contributed by atoms with Crippen molar-refractivity contribution in [2.75, 3.05) is 17.8 Å². The Morgan fingerprint density at radius 2 is 1.46 bits per heavy atom. The molecule has 4 rings (SSSR count). The molecule has 0 bridgehead atoms. The summed E-state index contributed by atoms with van der Waals surface area (Å²) >= 11 is 0. The topological polar surface area (TPSA) is 147 Å². The number of nitrogens with two attached hydrogens (primary N) is 1. The molecule has 1 aliphatic heterocycles. The molecule has 0 radical (unpaired) electrons. The van der Waals surface area contributed by atoms with E-state index >= 15 is 0 Å². The maximum Gasteiger partial charge on any atom is 0.261 e. The molecule has 0 saturated carbocycles. The number of piperidine rings is 1. The van der Waals surface area contributed by atoms with Crippen LogP contribution in [0.1, 0.15) is 39.1 Å². The van der Waals surface area contributed by atoms with Gasteiger partial charge in [0.2, 0.25) is 5.91 Å².